The molecule has 0 aliphatic heterocycles. The van der Waals surface area contributed by atoms with Crippen LogP contribution in [0.1, 0.15) is 11.1 Å². The van der Waals surface area contributed by atoms with Crippen LogP contribution in [0.3, 0.4) is 0 Å². The van der Waals surface area contributed by atoms with Crippen molar-refractivity contribution in [2.45, 2.75) is 13.2 Å². The van der Waals surface area contributed by atoms with E-state index >= 15 is 0 Å². The zero-order valence-corrected chi connectivity index (χ0v) is 12.5. The van der Waals surface area contributed by atoms with E-state index in [9.17, 15) is 0 Å². The van der Waals surface area contributed by atoms with Gasteiger partial charge in [-0.15, -0.1) is 0 Å². The predicted molar refractivity (Wildman–Crippen MR) is 88.9 cm³/mol. The first-order valence-electron chi connectivity index (χ1n) is 7.27. The molecule has 22 heavy (non-hydrogen) atoms. The van der Waals surface area contributed by atoms with E-state index in [-0.39, 0.29) is 0 Å². The van der Waals surface area contributed by atoms with Crippen LogP contribution in [-0.4, -0.2) is 0 Å². The van der Waals surface area contributed by atoms with Gasteiger partial charge in [0.2, 0.25) is 0 Å². The fourth-order valence-corrected chi connectivity index (χ4v) is 1.75. The van der Waals surface area contributed by atoms with Crippen molar-refractivity contribution in [1.82, 2.24) is 0 Å². The Morgan fingerprint density at radius 2 is 0.682 bits per heavy atom. The Balaban J connectivity index is 0.000000246. The summed E-state index contributed by atoms with van der Waals surface area (Å²) in [7, 11) is 0. The molecule has 0 unspecified atom stereocenters. The summed E-state index contributed by atoms with van der Waals surface area (Å²) in [4.78, 5) is 10.2. The van der Waals surface area contributed by atoms with Crippen LogP contribution in [0.5, 0.6) is 0 Å². The second-order valence-corrected chi connectivity index (χ2v) is 4.65. The summed E-state index contributed by atoms with van der Waals surface area (Å²) < 4.78 is 0. The molecule has 2 nitrogen and oxygen atoms in total. The Morgan fingerprint density at radius 1 is 0.409 bits per heavy atom. The SMILES string of the molecule is c1ccc(COOCc2ccccc2)cc1.c1ccccc1. The lowest BCUT2D eigenvalue weighted by Crippen LogP contribution is -1.95. The van der Waals surface area contributed by atoms with Crippen LogP contribution in [0.15, 0.2) is 97.1 Å². The minimum Gasteiger partial charge on any atom is -0.232 e. The maximum atomic E-state index is 5.12. The normalized spacial score (nSPS) is 9.64. The van der Waals surface area contributed by atoms with Crippen molar-refractivity contribution in [2.75, 3.05) is 0 Å². The maximum absolute atomic E-state index is 5.12. The van der Waals surface area contributed by atoms with E-state index in [2.05, 4.69) is 0 Å². The molecule has 0 saturated carbocycles. The van der Waals surface area contributed by atoms with Crippen LogP contribution in [0.25, 0.3) is 0 Å². The molecule has 3 rings (SSSR count). The third-order valence-corrected chi connectivity index (χ3v) is 2.89. The molecular weight excluding hydrogens is 272 g/mol. The summed E-state index contributed by atoms with van der Waals surface area (Å²) in [6.07, 6.45) is 0. The van der Waals surface area contributed by atoms with Crippen LogP contribution in [-0.2, 0) is 23.0 Å². The third kappa shape index (κ3) is 6.84. The molecule has 2 heteroatoms. The number of hydrogen-bond donors (Lipinski definition) is 0. The molecule has 0 bridgehead atoms. The average Bonchev–Trinajstić information content (AvgIpc) is 2.63. The van der Waals surface area contributed by atoms with E-state index in [0.29, 0.717) is 13.2 Å². The summed E-state index contributed by atoms with van der Waals surface area (Å²) in [6, 6.07) is 31.9. The number of hydrogen-bond acceptors (Lipinski definition) is 2. The van der Waals surface area contributed by atoms with E-state index in [4.69, 9.17) is 9.78 Å². The largest absolute Gasteiger partial charge is 0.232 e. The van der Waals surface area contributed by atoms with E-state index in [1.54, 1.807) is 0 Å². The lowest BCUT2D eigenvalue weighted by molar-refractivity contribution is -0.313. The summed E-state index contributed by atoms with van der Waals surface area (Å²) in [5.41, 5.74) is 2.21. The van der Waals surface area contributed by atoms with Crippen molar-refractivity contribution in [3.63, 3.8) is 0 Å². The van der Waals surface area contributed by atoms with Gasteiger partial charge in [-0.2, -0.15) is 0 Å². The van der Waals surface area contributed by atoms with Gasteiger partial charge in [0, 0.05) is 0 Å². The molecule has 0 spiro atoms. The second-order valence-electron chi connectivity index (χ2n) is 4.65. The topological polar surface area (TPSA) is 18.5 Å². The first-order chi connectivity index (χ1) is 10.9. The molecule has 0 saturated heterocycles. The monoisotopic (exact) mass is 292 g/mol. The van der Waals surface area contributed by atoms with Crippen LogP contribution < -0.4 is 0 Å². The number of rotatable bonds is 5. The van der Waals surface area contributed by atoms with Crippen molar-refractivity contribution in [3.8, 4) is 0 Å². The molecule has 3 aromatic carbocycles. The quantitative estimate of drug-likeness (QED) is 0.373. The van der Waals surface area contributed by atoms with Crippen LogP contribution in [0.4, 0.5) is 0 Å². The van der Waals surface area contributed by atoms with E-state index in [1.165, 1.54) is 0 Å². The first-order valence-corrected chi connectivity index (χ1v) is 7.27. The van der Waals surface area contributed by atoms with Gasteiger partial charge >= 0.3 is 0 Å². The van der Waals surface area contributed by atoms with Gasteiger partial charge in [-0.25, -0.2) is 9.78 Å². The average molecular weight is 292 g/mol. The van der Waals surface area contributed by atoms with Gasteiger partial charge in [0.15, 0.2) is 0 Å². The molecular formula is C20H20O2. The summed E-state index contributed by atoms with van der Waals surface area (Å²) in [5, 5.41) is 0. The Bertz CT molecular complexity index is 526. The van der Waals surface area contributed by atoms with Crippen LogP contribution >= 0.6 is 0 Å². The predicted octanol–water partition coefficient (Wildman–Crippen LogP) is 5.02. The Hall–Kier alpha value is -2.42. The highest BCUT2D eigenvalue weighted by molar-refractivity contribution is 5.14. The highest BCUT2D eigenvalue weighted by Gasteiger charge is 1.94. The van der Waals surface area contributed by atoms with Crippen LogP contribution in [0.2, 0.25) is 0 Å². The molecule has 0 aliphatic carbocycles. The van der Waals surface area contributed by atoms with Gasteiger partial charge < -0.3 is 0 Å². The van der Waals surface area contributed by atoms with Gasteiger partial charge in [0.1, 0.15) is 13.2 Å². The summed E-state index contributed by atoms with van der Waals surface area (Å²) >= 11 is 0. The standard InChI is InChI=1S/C14H14O2.C6H6/c1-3-7-13(8-4-1)11-15-16-12-14-9-5-2-6-10-14;1-2-4-6-5-3-1/h1-10H,11-12H2;1-6H. The molecule has 0 amide bonds. The van der Waals surface area contributed by atoms with Gasteiger partial charge in [-0.3, -0.25) is 0 Å². The van der Waals surface area contributed by atoms with Crippen molar-refractivity contribution >= 4 is 0 Å². The van der Waals surface area contributed by atoms with Gasteiger partial charge in [0.05, 0.1) is 0 Å². The molecule has 0 radical (unpaired) electrons. The van der Waals surface area contributed by atoms with E-state index < -0.39 is 0 Å². The molecule has 3 aromatic rings. The van der Waals surface area contributed by atoms with Crippen molar-refractivity contribution in [2.24, 2.45) is 0 Å². The lowest BCUT2D eigenvalue weighted by Gasteiger charge is -2.04. The van der Waals surface area contributed by atoms with E-state index in [1.807, 2.05) is 97.1 Å². The minimum absolute atomic E-state index is 0.480. The molecule has 0 aromatic heterocycles. The second kappa shape index (κ2) is 10.3. The highest BCUT2D eigenvalue weighted by Crippen LogP contribution is 2.04. The van der Waals surface area contributed by atoms with Gasteiger partial charge in [-0.1, -0.05) is 97.1 Å². The highest BCUT2D eigenvalue weighted by atomic mass is 17.2. The first kappa shape index (κ1) is 16.0. The molecule has 0 heterocycles. The van der Waals surface area contributed by atoms with Crippen molar-refractivity contribution in [3.05, 3.63) is 108 Å². The maximum Gasteiger partial charge on any atom is 0.107 e. The van der Waals surface area contributed by atoms with Gasteiger partial charge in [0.25, 0.3) is 0 Å². The zero-order valence-electron chi connectivity index (χ0n) is 12.5. The van der Waals surface area contributed by atoms with Crippen molar-refractivity contribution in [1.29, 1.82) is 0 Å². The molecule has 0 N–H and O–H groups in total. The third-order valence-electron chi connectivity index (χ3n) is 2.89. The lowest BCUT2D eigenvalue weighted by atomic mass is 10.2. The Labute approximate surface area is 131 Å². The van der Waals surface area contributed by atoms with Crippen molar-refractivity contribution < 1.29 is 9.78 Å². The smallest absolute Gasteiger partial charge is 0.107 e. The summed E-state index contributed by atoms with van der Waals surface area (Å²) in [6.45, 7) is 0.960. The fraction of sp³-hybridized carbons (Fsp3) is 0.100. The van der Waals surface area contributed by atoms with E-state index in [0.717, 1.165) is 11.1 Å². The Kier molecular flexibility index (Phi) is 7.49. The Morgan fingerprint density at radius 3 is 1.00 bits per heavy atom. The molecule has 0 fully saturated rings. The molecule has 0 atom stereocenters. The van der Waals surface area contributed by atoms with Gasteiger partial charge in [-0.05, 0) is 11.1 Å². The molecule has 112 valence electrons. The number of benzene rings is 3. The van der Waals surface area contributed by atoms with Crippen LogP contribution in [0, 0.1) is 0 Å². The zero-order chi connectivity index (χ0) is 15.3. The minimum atomic E-state index is 0.480. The fourth-order valence-electron chi connectivity index (χ4n) is 1.75. The summed E-state index contributed by atoms with van der Waals surface area (Å²) in [5.74, 6) is 0. The molecule has 0 aliphatic rings.